The molecule has 0 fully saturated rings. The van der Waals surface area contributed by atoms with Crippen LogP contribution >= 0.6 is 0 Å². The van der Waals surface area contributed by atoms with Crippen LogP contribution in [0.4, 0.5) is 11.4 Å². The van der Waals surface area contributed by atoms with Gasteiger partial charge >= 0.3 is 0 Å². The monoisotopic (exact) mass is 418 g/mol. The Kier molecular flexibility index (Phi) is 5.01. The van der Waals surface area contributed by atoms with Crippen LogP contribution in [0.3, 0.4) is 0 Å². The molecule has 5 rings (SSSR count). The van der Waals surface area contributed by atoms with Crippen molar-refractivity contribution in [2.24, 2.45) is 0 Å². The second kappa shape index (κ2) is 8.28. The van der Waals surface area contributed by atoms with Crippen LogP contribution in [-0.4, -0.2) is 21.8 Å². The molecule has 2 N–H and O–H groups in total. The van der Waals surface area contributed by atoms with Crippen molar-refractivity contribution in [2.75, 3.05) is 10.6 Å². The number of anilines is 2. The summed E-state index contributed by atoms with van der Waals surface area (Å²) in [6.07, 6.45) is 3.42. The number of nitrogens with one attached hydrogen (secondary N) is 2. The molecule has 0 unspecified atom stereocenters. The molecule has 0 aliphatic rings. The highest BCUT2D eigenvalue weighted by Crippen LogP contribution is 2.23. The SMILES string of the molecule is O=C(Nc1cccc2ncccc12)c1cccc(C(=O)Nc2cccc3ncccc23)c1. The maximum absolute atomic E-state index is 12.9. The van der Waals surface area contributed by atoms with E-state index in [1.54, 1.807) is 36.7 Å². The molecule has 6 heteroatoms. The molecular weight excluding hydrogens is 400 g/mol. The lowest BCUT2D eigenvalue weighted by molar-refractivity contribution is 0.102. The van der Waals surface area contributed by atoms with Gasteiger partial charge in [0, 0.05) is 34.3 Å². The lowest BCUT2D eigenvalue weighted by atomic mass is 10.1. The van der Waals surface area contributed by atoms with E-state index in [0.29, 0.717) is 22.5 Å². The first kappa shape index (κ1) is 19.4. The first-order chi connectivity index (χ1) is 15.7. The summed E-state index contributed by atoms with van der Waals surface area (Å²) in [6, 6.07) is 25.2. The highest BCUT2D eigenvalue weighted by Gasteiger charge is 2.13. The second-order valence-corrected chi connectivity index (χ2v) is 7.24. The van der Waals surface area contributed by atoms with Crippen LogP contribution in [0.15, 0.2) is 97.3 Å². The molecule has 0 aliphatic carbocycles. The molecule has 0 aliphatic heterocycles. The fraction of sp³-hybridized carbons (Fsp3) is 0. The Morgan fingerprint density at radius 2 is 1.03 bits per heavy atom. The average Bonchev–Trinajstić information content (AvgIpc) is 2.84. The van der Waals surface area contributed by atoms with E-state index in [0.717, 1.165) is 21.8 Å². The molecule has 32 heavy (non-hydrogen) atoms. The minimum Gasteiger partial charge on any atom is -0.321 e. The fourth-order valence-electron chi connectivity index (χ4n) is 3.62. The van der Waals surface area contributed by atoms with Crippen molar-refractivity contribution in [1.82, 2.24) is 9.97 Å². The summed E-state index contributed by atoms with van der Waals surface area (Å²) >= 11 is 0. The number of nitrogens with zero attached hydrogens (tertiary/aromatic N) is 2. The Balaban J connectivity index is 1.39. The Bertz CT molecular complexity index is 1360. The number of fused-ring (bicyclic) bond motifs is 2. The largest absolute Gasteiger partial charge is 0.321 e. The quantitative estimate of drug-likeness (QED) is 0.415. The third-order valence-corrected chi connectivity index (χ3v) is 5.17. The fourth-order valence-corrected chi connectivity index (χ4v) is 3.62. The van der Waals surface area contributed by atoms with Gasteiger partial charge in [-0.25, -0.2) is 0 Å². The van der Waals surface area contributed by atoms with Gasteiger partial charge in [0.05, 0.1) is 22.4 Å². The molecule has 0 radical (unpaired) electrons. The topological polar surface area (TPSA) is 84.0 Å². The minimum atomic E-state index is -0.301. The van der Waals surface area contributed by atoms with Crippen LogP contribution in [0.5, 0.6) is 0 Å². The summed E-state index contributed by atoms with van der Waals surface area (Å²) in [5.41, 5.74) is 3.69. The van der Waals surface area contributed by atoms with Crippen molar-refractivity contribution in [3.05, 3.63) is 108 Å². The van der Waals surface area contributed by atoms with Gasteiger partial charge < -0.3 is 10.6 Å². The van der Waals surface area contributed by atoms with E-state index >= 15 is 0 Å². The van der Waals surface area contributed by atoms with Gasteiger partial charge in [-0.2, -0.15) is 0 Å². The van der Waals surface area contributed by atoms with Crippen LogP contribution in [0.1, 0.15) is 20.7 Å². The maximum Gasteiger partial charge on any atom is 0.255 e. The molecule has 0 saturated carbocycles. The van der Waals surface area contributed by atoms with Gasteiger partial charge in [0.25, 0.3) is 11.8 Å². The van der Waals surface area contributed by atoms with Gasteiger partial charge in [-0.15, -0.1) is 0 Å². The number of amides is 2. The predicted octanol–water partition coefficient (Wildman–Crippen LogP) is 5.29. The van der Waals surface area contributed by atoms with Crippen molar-refractivity contribution >= 4 is 45.0 Å². The Hall–Kier alpha value is -4.58. The standard InChI is InChI=1S/C26H18N4O2/c31-25(29-23-12-2-10-21-19(23)8-4-14-27-21)17-6-1-7-18(16-17)26(32)30-24-13-3-11-22-20(24)9-5-15-28-22/h1-16H,(H,29,31)(H,30,32). The zero-order chi connectivity index (χ0) is 21.9. The molecule has 3 aromatic carbocycles. The van der Waals surface area contributed by atoms with Gasteiger partial charge in [-0.05, 0) is 66.7 Å². The van der Waals surface area contributed by atoms with Crippen LogP contribution in [0.2, 0.25) is 0 Å². The van der Waals surface area contributed by atoms with Crippen LogP contribution < -0.4 is 10.6 Å². The first-order valence-corrected chi connectivity index (χ1v) is 10.1. The molecule has 0 bridgehead atoms. The van der Waals surface area contributed by atoms with E-state index in [9.17, 15) is 9.59 Å². The van der Waals surface area contributed by atoms with E-state index in [4.69, 9.17) is 0 Å². The second-order valence-electron chi connectivity index (χ2n) is 7.24. The van der Waals surface area contributed by atoms with E-state index in [1.807, 2.05) is 60.7 Å². The third kappa shape index (κ3) is 3.77. The average molecular weight is 418 g/mol. The minimum absolute atomic E-state index is 0.301. The molecule has 2 heterocycles. The smallest absolute Gasteiger partial charge is 0.255 e. The normalized spacial score (nSPS) is 10.8. The van der Waals surface area contributed by atoms with E-state index < -0.39 is 0 Å². The third-order valence-electron chi connectivity index (χ3n) is 5.17. The highest BCUT2D eigenvalue weighted by molar-refractivity contribution is 6.12. The van der Waals surface area contributed by atoms with Crippen molar-refractivity contribution in [3.8, 4) is 0 Å². The van der Waals surface area contributed by atoms with E-state index in [2.05, 4.69) is 20.6 Å². The van der Waals surface area contributed by atoms with Crippen LogP contribution in [0, 0.1) is 0 Å². The zero-order valence-electron chi connectivity index (χ0n) is 16.9. The van der Waals surface area contributed by atoms with Crippen LogP contribution in [0.25, 0.3) is 21.8 Å². The molecule has 2 amide bonds. The molecule has 6 nitrogen and oxygen atoms in total. The van der Waals surface area contributed by atoms with Gasteiger partial charge in [-0.1, -0.05) is 18.2 Å². The predicted molar refractivity (Wildman–Crippen MR) is 126 cm³/mol. The summed E-state index contributed by atoms with van der Waals surface area (Å²) in [4.78, 5) is 34.4. The first-order valence-electron chi connectivity index (χ1n) is 10.1. The van der Waals surface area contributed by atoms with Crippen molar-refractivity contribution in [1.29, 1.82) is 0 Å². The number of benzene rings is 3. The number of aromatic nitrogens is 2. The van der Waals surface area contributed by atoms with E-state index in [1.165, 1.54) is 0 Å². The van der Waals surface area contributed by atoms with Gasteiger partial charge in [0.2, 0.25) is 0 Å². The summed E-state index contributed by atoms with van der Waals surface area (Å²) in [7, 11) is 0. The summed E-state index contributed by atoms with van der Waals surface area (Å²) < 4.78 is 0. The summed E-state index contributed by atoms with van der Waals surface area (Å²) in [6.45, 7) is 0. The number of pyridine rings is 2. The number of hydrogen-bond acceptors (Lipinski definition) is 4. The van der Waals surface area contributed by atoms with Crippen molar-refractivity contribution in [3.63, 3.8) is 0 Å². The lowest BCUT2D eigenvalue weighted by Crippen LogP contribution is -2.16. The van der Waals surface area contributed by atoms with Gasteiger partial charge in [0.1, 0.15) is 0 Å². The Morgan fingerprint density at radius 3 is 1.53 bits per heavy atom. The van der Waals surface area contributed by atoms with E-state index in [-0.39, 0.29) is 11.8 Å². The number of rotatable bonds is 4. The Morgan fingerprint density at radius 1 is 0.562 bits per heavy atom. The molecule has 0 atom stereocenters. The molecule has 0 spiro atoms. The van der Waals surface area contributed by atoms with Crippen molar-refractivity contribution in [2.45, 2.75) is 0 Å². The van der Waals surface area contributed by atoms with Crippen molar-refractivity contribution < 1.29 is 9.59 Å². The maximum atomic E-state index is 12.9. The lowest BCUT2D eigenvalue weighted by Gasteiger charge is -2.11. The molecule has 154 valence electrons. The number of hydrogen-bond donors (Lipinski definition) is 2. The van der Waals surface area contributed by atoms with Gasteiger partial charge in [-0.3, -0.25) is 19.6 Å². The zero-order valence-corrected chi connectivity index (χ0v) is 16.9. The molecule has 5 aromatic rings. The molecular formula is C26H18N4O2. The van der Waals surface area contributed by atoms with Crippen LogP contribution in [-0.2, 0) is 0 Å². The highest BCUT2D eigenvalue weighted by atomic mass is 16.2. The summed E-state index contributed by atoms with van der Waals surface area (Å²) in [5, 5.41) is 7.54. The van der Waals surface area contributed by atoms with Gasteiger partial charge in [0.15, 0.2) is 0 Å². The molecule has 0 saturated heterocycles. The Labute approximate surface area is 184 Å². The molecule has 2 aromatic heterocycles. The summed E-state index contributed by atoms with van der Waals surface area (Å²) in [5.74, 6) is -0.601. The number of carbonyl (C=O) groups is 2. The number of carbonyl (C=O) groups excluding carboxylic acids is 2.